The molecule has 1 heterocycles. The average molecular weight is 258 g/mol. The summed E-state index contributed by atoms with van der Waals surface area (Å²) in [5.41, 5.74) is 6.25. The van der Waals surface area contributed by atoms with Crippen LogP contribution in [0, 0.1) is 11.8 Å². The van der Waals surface area contributed by atoms with Gasteiger partial charge in [-0.2, -0.15) is 0 Å². The van der Waals surface area contributed by atoms with Crippen LogP contribution in [0.2, 0.25) is 0 Å². The van der Waals surface area contributed by atoms with Crippen LogP contribution in [0.3, 0.4) is 0 Å². The Morgan fingerprint density at radius 2 is 2.00 bits per heavy atom. The number of hydrogen-bond donors (Lipinski definition) is 1. The van der Waals surface area contributed by atoms with Crippen molar-refractivity contribution in [3.63, 3.8) is 0 Å². The van der Waals surface area contributed by atoms with Gasteiger partial charge in [0.1, 0.15) is 0 Å². The Morgan fingerprint density at radius 3 is 2.65 bits per heavy atom. The lowest BCUT2D eigenvalue weighted by Gasteiger charge is -2.38. The lowest BCUT2D eigenvalue weighted by Crippen LogP contribution is -2.46. The summed E-state index contributed by atoms with van der Waals surface area (Å²) in [6, 6.07) is 0.394. The molecule has 3 atom stereocenters. The third kappa shape index (κ3) is 3.76. The van der Waals surface area contributed by atoms with Crippen LogP contribution in [0.5, 0.6) is 0 Å². The first-order valence-corrected chi connectivity index (χ1v) is 8.50. The van der Waals surface area contributed by atoms with Gasteiger partial charge in [0.2, 0.25) is 0 Å². The molecule has 3 nitrogen and oxygen atoms in total. The van der Waals surface area contributed by atoms with E-state index in [1.165, 1.54) is 25.7 Å². The lowest BCUT2D eigenvalue weighted by atomic mass is 9.77. The van der Waals surface area contributed by atoms with Gasteiger partial charge in [0.25, 0.3) is 0 Å². The summed E-state index contributed by atoms with van der Waals surface area (Å²) in [5, 5.41) is 0. The molecule has 1 aliphatic carbocycles. The maximum Gasteiger partial charge on any atom is 0.0363 e. The third-order valence-electron chi connectivity index (χ3n) is 4.49. The van der Waals surface area contributed by atoms with E-state index in [0.29, 0.717) is 12.0 Å². The van der Waals surface area contributed by atoms with E-state index in [1.807, 2.05) is 0 Å². The van der Waals surface area contributed by atoms with Gasteiger partial charge in [-0.25, -0.2) is 0 Å². The zero-order chi connectivity index (χ0) is 12.3. The number of nitrogens with zero attached hydrogens (tertiary/aromatic N) is 1. The van der Waals surface area contributed by atoms with Gasteiger partial charge in [-0.1, -0.05) is 13.3 Å². The van der Waals surface area contributed by atoms with Crippen molar-refractivity contribution >= 4 is 10.8 Å². The van der Waals surface area contributed by atoms with Crippen molar-refractivity contribution in [2.45, 2.75) is 38.6 Å². The second-order valence-electron chi connectivity index (χ2n) is 5.66. The standard InChI is InChI=1S/C13H26N2OS/c1-2-11-3-4-13(14)12(9-11)10-15-5-7-17(16)8-6-15/h11-13H,2-10,14H2,1H3. The minimum atomic E-state index is -0.558. The highest BCUT2D eigenvalue weighted by molar-refractivity contribution is 7.85. The van der Waals surface area contributed by atoms with E-state index in [1.54, 1.807) is 0 Å². The topological polar surface area (TPSA) is 46.3 Å². The zero-order valence-corrected chi connectivity index (χ0v) is 11.8. The molecule has 3 unspecified atom stereocenters. The number of hydrogen-bond acceptors (Lipinski definition) is 3. The van der Waals surface area contributed by atoms with E-state index in [-0.39, 0.29) is 0 Å². The molecule has 0 aromatic heterocycles. The summed E-state index contributed by atoms with van der Waals surface area (Å²) >= 11 is 0. The Morgan fingerprint density at radius 1 is 1.29 bits per heavy atom. The molecule has 0 bridgehead atoms. The van der Waals surface area contributed by atoms with Crippen LogP contribution >= 0.6 is 0 Å². The smallest absolute Gasteiger partial charge is 0.0363 e. The fourth-order valence-corrected chi connectivity index (χ4v) is 4.28. The molecule has 0 aromatic carbocycles. The van der Waals surface area contributed by atoms with Gasteiger partial charge < -0.3 is 10.6 Å². The minimum Gasteiger partial charge on any atom is -0.327 e. The van der Waals surface area contributed by atoms with Crippen LogP contribution in [0.1, 0.15) is 32.6 Å². The van der Waals surface area contributed by atoms with E-state index >= 15 is 0 Å². The van der Waals surface area contributed by atoms with Crippen LogP contribution in [-0.2, 0) is 10.8 Å². The second-order valence-corrected chi connectivity index (χ2v) is 7.36. The SMILES string of the molecule is CCC1CCC(N)C(CN2CCS(=O)CC2)C1. The van der Waals surface area contributed by atoms with Crippen molar-refractivity contribution in [2.75, 3.05) is 31.1 Å². The molecule has 0 amide bonds. The van der Waals surface area contributed by atoms with Gasteiger partial charge in [0.15, 0.2) is 0 Å². The highest BCUT2D eigenvalue weighted by atomic mass is 32.2. The maximum atomic E-state index is 11.3. The molecule has 2 aliphatic rings. The summed E-state index contributed by atoms with van der Waals surface area (Å²) in [6.45, 7) is 5.44. The quantitative estimate of drug-likeness (QED) is 0.827. The summed E-state index contributed by atoms with van der Waals surface area (Å²) in [5.74, 6) is 3.28. The highest BCUT2D eigenvalue weighted by Crippen LogP contribution is 2.31. The van der Waals surface area contributed by atoms with Crippen LogP contribution in [0.25, 0.3) is 0 Å². The molecule has 1 aliphatic heterocycles. The van der Waals surface area contributed by atoms with Crippen molar-refractivity contribution in [1.82, 2.24) is 4.90 Å². The minimum absolute atomic E-state index is 0.394. The van der Waals surface area contributed by atoms with Gasteiger partial charge in [-0.15, -0.1) is 0 Å². The fourth-order valence-electron chi connectivity index (χ4n) is 3.16. The Balaban J connectivity index is 1.82. The van der Waals surface area contributed by atoms with E-state index in [2.05, 4.69) is 11.8 Å². The first kappa shape index (κ1) is 13.5. The Bertz CT molecular complexity index is 262. The first-order valence-electron chi connectivity index (χ1n) is 7.02. The lowest BCUT2D eigenvalue weighted by molar-refractivity contribution is 0.161. The summed E-state index contributed by atoms with van der Waals surface area (Å²) in [4.78, 5) is 2.48. The van der Waals surface area contributed by atoms with Crippen LogP contribution in [0.4, 0.5) is 0 Å². The predicted octanol–water partition coefficient (Wildman–Crippen LogP) is 1.20. The summed E-state index contributed by atoms with van der Waals surface area (Å²) in [6.07, 6.45) is 5.12. The summed E-state index contributed by atoms with van der Waals surface area (Å²) < 4.78 is 11.3. The molecule has 2 rings (SSSR count). The normalized spacial score (nSPS) is 37.2. The van der Waals surface area contributed by atoms with Gasteiger partial charge in [0, 0.05) is 48.0 Å². The van der Waals surface area contributed by atoms with Crippen LogP contribution in [-0.4, -0.2) is 46.3 Å². The molecule has 1 saturated carbocycles. The Kier molecular flexibility index (Phi) is 5.00. The van der Waals surface area contributed by atoms with Gasteiger partial charge in [-0.3, -0.25) is 4.21 Å². The van der Waals surface area contributed by atoms with Gasteiger partial charge >= 0.3 is 0 Å². The van der Waals surface area contributed by atoms with Crippen molar-refractivity contribution in [3.8, 4) is 0 Å². The van der Waals surface area contributed by atoms with E-state index in [9.17, 15) is 4.21 Å². The zero-order valence-electron chi connectivity index (χ0n) is 10.9. The maximum absolute atomic E-state index is 11.3. The Hall–Kier alpha value is 0.0700. The molecule has 17 heavy (non-hydrogen) atoms. The molecule has 1 saturated heterocycles. The molecule has 0 radical (unpaired) electrons. The molecule has 100 valence electrons. The third-order valence-corrected chi connectivity index (χ3v) is 5.77. The fraction of sp³-hybridized carbons (Fsp3) is 1.00. The average Bonchev–Trinajstić information content (AvgIpc) is 2.35. The van der Waals surface area contributed by atoms with E-state index in [4.69, 9.17) is 5.73 Å². The van der Waals surface area contributed by atoms with Gasteiger partial charge in [-0.05, 0) is 31.1 Å². The second kappa shape index (κ2) is 6.30. The molecular weight excluding hydrogens is 232 g/mol. The molecule has 2 N–H and O–H groups in total. The predicted molar refractivity (Wildman–Crippen MR) is 73.4 cm³/mol. The largest absolute Gasteiger partial charge is 0.327 e. The number of nitrogens with two attached hydrogens (primary N) is 1. The Labute approximate surface area is 108 Å². The van der Waals surface area contributed by atoms with E-state index in [0.717, 1.165) is 37.1 Å². The molecule has 4 heteroatoms. The van der Waals surface area contributed by atoms with Crippen molar-refractivity contribution in [1.29, 1.82) is 0 Å². The monoisotopic (exact) mass is 258 g/mol. The molecule has 0 spiro atoms. The molecule has 0 aromatic rings. The van der Waals surface area contributed by atoms with Gasteiger partial charge in [0.05, 0.1) is 0 Å². The molecule has 2 fully saturated rings. The van der Waals surface area contributed by atoms with E-state index < -0.39 is 10.8 Å². The van der Waals surface area contributed by atoms with Crippen LogP contribution < -0.4 is 5.73 Å². The van der Waals surface area contributed by atoms with Crippen molar-refractivity contribution in [2.24, 2.45) is 17.6 Å². The van der Waals surface area contributed by atoms with Crippen LogP contribution in [0.15, 0.2) is 0 Å². The highest BCUT2D eigenvalue weighted by Gasteiger charge is 2.29. The first-order chi connectivity index (χ1) is 8.19. The van der Waals surface area contributed by atoms with Crippen molar-refractivity contribution in [3.05, 3.63) is 0 Å². The van der Waals surface area contributed by atoms with Crippen molar-refractivity contribution < 1.29 is 4.21 Å². The summed E-state index contributed by atoms with van der Waals surface area (Å²) in [7, 11) is -0.558. The molecular formula is C13H26N2OS. The number of rotatable bonds is 3.